The number of carboxylic acid groups (broad SMARTS) is 1. The van der Waals surface area contributed by atoms with Crippen molar-refractivity contribution in [1.29, 1.82) is 0 Å². The van der Waals surface area contributed by atoms with Crippen LogP contribution in [0.25, 0.3) is 0 Å². The Hall–Kier alpha value is -3.48. The average Bonchev–Trinajstić information content (AvgIpc) is 3.20. The van der Waals surface area contributed by atoms with Gasteiger partial charge in [0.05, 0.1) is 17.6 Å². The van der Waals surface area contributed by atoms with E-state index in [4.69, 9.17) is 18.9 Å². The summed E-state index contributed by atoms with van der Waals surface area (Å²) in [6.45, 7) is 2.25. The number of aliphatic hydroxyl groups excluding tert-OH is 1. The van der Waals surface area contributed by atoms with Gasteiger partial charge in [0.1, 0.15) is 11.5 Å². The zero-order valence-corrected chi connectivity index (χ0v) is 21.1. The van der Waals surface area contributed by atoms with Gasteiger partial charge in [-0.15, -0.1) is 0 Å². The lowest BCUT2D eigenvalue weighted by Gasteiger charge is -2.61. The Bertz CT molecular complexity index is 1260. The van der Waals surface area contributed by atoms with Crippen molar-refractivity contribution in [2.75, 3.05) is 13.6 Å². The summed E-state index contributed by atoms with van der Waals surface area (Å²) in [7, 11) is 1.94. The number of hydrogen-bond donors (Lipinski definition) is 3. The summed E-state index contributed by atoms with van der Waals surface area (Å²) in [5.74, 6) is -4.52. The minimum absolute atomic E-state index is 0.0139. The van der Waals surface area contributed by atoms with E-state index in [0.29, 0.717) is 30.7 Å². The van der Waals surface area contributed by atoms with Crippen LogP contribution < -0.4 is 4.74 Å². The van der Waals surface area contributed by atoms with E-state index in [2.05, 4.69) is 4.90 Å². The third-order valence-electron chi connectivity index (χ3n) is 8.18. The highest BCUT2D eigenvalue weighted by Crippen LogP contribution is 2.64. The Balaban J connectivity index is 1.56. The van der Waals surface area contributed by atoms with Crippen LogP contribution in [0.4, 0.5) is 0 Å². The van der Waals surface area contributed by atoms with Crippen LogP contribution in [-0.2, 0) is 51.8 Å². The molecule has 0 saturated carbocycles. The molecule has 6 atom stereocenters. The van der Waals surface area contributed by atoms with Crippen molar-refractivity contribution < 1.29 is 53.4 Å². The number of aliphatic carboxylic acids is 1. The van der Waals surface area contributed by atoms with Crippen LogP contribution in [0.15, 0.2) is 24.0 Å². The predicted molar refractivity (Wildman–Crippen MR) is 126 cm³/mol. The molecule has 5 rings (SSSR count). The predicted octanol–water partition coefficient (Wildman–Crippen LogP) is -0.0522. The van der Waals surface area contributed by atoms with Crippen LogP contribution in [0.3, 0.4) is 0 Å². The van der Waals surface area contributed by atoms with E-state index in [0.717, 1.165) is 25.0 Å². The highest BCUT2D eigenvalue weighted by atomic mass is 16.6. The molecule has 3 N–H and O–H groups in total. The summed E-state index contributed by atoms with van der Waals surface area (Å²) < 4.78 is 21.7. The number of aliphatic hydroxyl groups is 2. The third kappa shape index (κ3) is 3.62. The highest BCUT2D eigenvalue weighted by molar-refractivity contribution is 5.88. The van der Waals surface area contributed by atoms with E-state index < -0.39 is 53.2 Å². The molecule has 2 aliphatic carbocycles. The smallest absolute Gasteiger partial charge is 0.357 e. The number of esters is 3. The summed E-state index contributed by atoms with van der Waals surface area (Å²) in [5.41, 5.74) is -0.00318. The lowest BCUT2D eigenvalue weighted by atomic mass is 9.50. The molecule has 2 heterocycles. The van der Waals surface area contributed by atoms with Crippen molar-refractivity contribution in [2.45, 2.75) is 75.1 Å². The fraction of sp³-hybridized carbons (Fsp3) is 0.538. The molecule has 1 fully saturated rings. The van der Waals surface area contributed by atoms with Crippen molar-refractivity contribution in [1.82, 2.24) is 4.90 Å². The van der Waals surface area contributed by atoms with Gasteiger partial charge in [0, 0.05) is 37.4 Å². The van der Waals surface area contributed by atoms with E-state index in [-0.39, 0.29) is 24.8 Å². The summed E-state index contributed by atoms with van der Waals surface area (Å²) in [6, 6.07) is 3.44. The number of carbonyl (C=O) groups excluding carboxylic acids is 3. The first kappa shape index (κ1) is 26.1. The first-order chi connectivity index (χ1) is 17.9. The first-order valence-corrected chi connectivity index (χ1v) is 12.3. The van der Waals surface area contributed by atoms with Gasteiger partial charge in [0.2, 0.25) is 12.2 Å². The minimum atomic E-state index is -2.14. The highest BCUT2D eigenvalue weighted by Gasteiger charge is 2.72. The normalized spacial score (nSPS) is 30.2. The second-order valence-corrected chi connectivity index (χ2v) is 10.2. The van der Waals surface area contributed by atoms with Crippen molar-refractivity contribution in [3.05, 3.63) is 40.7 Å². The molecule has 1 aromatic carbocycles. The fourth-order valence-electron chi connectivity index (χ4n) is 6.64. The number of likely N-dealkylation sites (N-methyl/N-ethyl adjacent to an activating group) is 1. The van der Waals surface area contributed by atoms with Gasteiger partial charge in [-0.05, 0) is 38.1 Å². The molecule has 204 valence electrons. The average molecular weight is 532 g/mol. The molecule has 1 aromatic rings. The Morgan fingerprint density at radius 3 is 2.47 bits per heavy atom. The zero-order valence-electron chi connectivity index (χ0n) is 21.1. The maximum atomic E-state index is 13.3. The van der Waals surface area contributed by atoms with Crippen molar-refractivity contribution in [3.8, 4) is 5.75 Å². The lowest BCUT2D eigenvalue weighted by molar-refractivity contribution is -0.190. The SMILES string of the molecule is CC(=O)O[C@@H](C(=O)O)[C@@H](OC(C)=O)C(=O)OC1=CC[C@@]2(O)[C@H]3Cc4ccc(CO)c5c4C2(CCN3C)C1O5. The minimum Gasteiger partial charge on any atom is -0.481 e. The van der Waals surface area contributed by atoms with E-state index in [9.17, 15) is 34.5 Å². The number of benzene rings is 1. The standard InChI is InChI=1S/C26H29NO11/c1-12(29)35-20(23(31)32)21(36-13(2)30)24(33)37-16-6-7-26(34)17-10-14-4-5-15(11-28)19-18(14)25(26,22(16)38-19)8-9-27(17)3/h4-6,17,20-22,28,34H,7-11H2,1-3H3,(H,31,32)/t17-,20-,21-,22?,25?,26-/m1/s1. The summed E-state index contributed by atoms with van der Waals surface area (Å²) in [5, 5.41) is 31.8. The number of ether oxygens (including phenoxy) is 4. The van der Waals surface area contributed by atoms with E-state index in [1.807, 2.05) is 13.1 Å². The first-order valence-electron chi connectivity index (χ1n) is 12.3. The fourth-order valence-corrected chi connectivity index (χ4v) is 6.64. The lowest BCUT2D eigenvalue weighted by Crippen LogP contribution is -2.74. The topological polar surface area (TPSA) is 169 Å². The molecule has 12 heteroatoms. The van der Waals surface area contributed by atoms with Crippen LogP contribution in [0, 0.1) is 0 Å². The van der Waals surface area contributed by atoms with Gasteiger partial charge in [0.25, 0.3) is 0 Å². The third-order valence-corrected chi connectivity index (χ3v) is 8.18. The van der Waals surface area contributed by atoms with Crippen molar-refractivity contribution in [3.63, 3.8) is 0 Å². The second-order valence-electron chi connectivity index (χ2n) is 10.2. The number of rotatable bonds is 7. The zero-order chi connectivity index (χ0) is 27.6. The van der Waals surface area contributed by atoms with Gasteiger partial charge in [-0.3, -0.25) is 9.59 Å². The van der Waals surface area contributed by atoms with Gasteiger partial charge in [-0.2, -0.15) is 0 Å². The van der Waals surface area contributed by atoms with Gasteiger partial charge >= 0.3 is 23.9 Å². The molecule has 1 saturated heterocycles. The largest absolute Gasteiger partial charge is 0.481 e. The molecule has 0 aromatic heterocycles. The van der Waals surface area contributed by atoms with Gasteiger partial charge in [-0.1, -0.05) is 12.1 Å². The maximum Gasteiger partial charge on any atom is 0.357 e. The maximum absolute atomic E-state index is 13.3. The van der Waals surface area contributed by atoms with Crippen LogP contribution in [0.5, 0.6) is 5.75 Å². The Labute approximate surface area is 217 Å². The van der Waals surface area contributed by atoms with Gasteiger partial charge < -0.3 is 39.2 Å². The monoisotopic (exact) mass is 531 g/mol. The second kappa shape index (κ2) is 9.07. The van der Waals surface area contributed by atoms with Crippen LogP contribution in [0.1, 0.15) is 43.4 Å². The van der Waals surface area contributed by atoms with E-state index in [1.54, 1.807) is 6.07 Å². The van der Waals surface area contributed by atoms with Crippen molar-refractivity contribution >= 4 is 23.9 Å². The molecule has 38 heavy (non-hydrogen) atoms. The van der Waals surface area contributed by atoms with Crippen molar-refractivity contribution in [2.24, 2.45) is 0 Å². The number of carboxylic acids is 1. The molecule has 12 nitrogen and oxygen atoms in total. The molecule has 2 unspecified atom stereocenters. The molecule has 2 bridgehead atoms. The number of likely N-dealkylation sites (tertiary alicyclic amines) is 1. The number of hydrogen-bond acceptors (Lipinski definition) is 11. The van der Waals surface area contributed by atoms with E-state index in [1.165, 1.54) is 6.08 Å². The number of piperidine rings is 1. The summed E-state index contributed by atoms with van der Waals surface area (Å²) >= 11 is 0. The number of nitrogens with zero attached hydrogens (tertiary/aromatic N) is 1. The molecule has 2 aliphatic heterocycles. The van der Waals surface area contributed by atoms with Crippen LogP contribution >= 0.6 is 0 Å². The summed E-state index contributed by atoms with van der Waals surface area (Å²) in [4.78, 5) is 50.3. The molecule has 1 spiro atoms. The summed E-state index contributed by atoms with van der Waals surface area (Å²) in [6.07, 6.45) is -2.54. The van der Waals surface area contributed by atoms with E-state index >= 15 is 0 Å². The van der Waals surface area contributed by atoms with Crippen LogP contribution in [0.2, 0.25) is 0 Å². The Morgan fingerprint density at radius 2 is 1.84 bits per heavy atom. The quantitative estimate of drug-likeness (QED) is 0.317. The molecular formula is C26H29NO11. The Kier molecular flexibility index (Phi) is 6.24. The Morgan fingerprint density at radius 1 is 1.16 bits per heavy atom. The molecule has 0 amide bonds. The van der Waals surface area contributed by atoms with Gasteiger partial charge in [0.15, 0.2) is 6.10 Å². The van der Waals surface area contributed by atoms with Crippen LogP contribution in [-0.4, -0.2) is 87.6 Å². The number of carbonyl (C=O) groups is 4. The molecular weight excluding hydrogens is 502 g/mol. The van der Waals surface area contributed by atoms with Gasteiger partial charge in [-0.25, -0.2) is 9.59 Å². The molecule has 4 aliphatic rings. The molecule has 0 radical (unpaired) electrons.